The summed E-state index contributed by atoms with van der Waals surface area (Å²) in [5.74, 6) is 0.948. The van der Waals surface area contributed by atoms with Gasteiger partial charge in [0.2, 0.25) is 0 Å². The van der Waals surface area contributed by atoms with E-state index in [0.29, 0.717) is 5.41 Å². The molecule has 0 aliphatic heterocycles. The van der Waals surface area contributed by atoms with Crippen molar-refractivity contribution in [3.05, 3.63) is 0 Å². The highest BCUT2D eigenvalue weighted by molar-refractivity contribution is 5.01. The molecule has 0 amide bonds. The van der Waals surface area contributed by atoms with Crippen LogP contribution in [-0.4, -0.2) is 26.7 Å². The molecular formula is C13H26N2. The Morgan fingerprint density at radius 2 is 1.80 bits per heavy atom. The maximum atomic E-state index is 3.63. The average molecular weight is 210 g/mol. The molecule has 0 aromatic heterocycles. The van der Waals surface area contributed by atoms with E-state index in [1.54, 1.807) is 0 Å². The minimum atomic E-state index is 0.582. The highest BCUT2D eigenvalue weighted by Gasteiger charge is 2.46. The van der Waals surface area contributed by atoms with Crippen LogP contribution in [-0.2, 0) is 0 Å². The van der Waals surface area contributed by atoms with Crippen LogP contribution >= 0.6 is 0 Å². The van der Waals surface area contributed by atoms with Crippen LogP contribution in [0.4, 0.5) is 0 Å². The summed E-state index contributed by atoms with van der Waals surface area (Å²) in [5.41, 5.74) is 0.582. The number of hydrogen-bond donors (Lipinski definition) is 2. The van der Waals surface area contributed by atoms with Crippen molar-refractivity contribution in [2.24, 2.45) is 11.3 Å². The van der Waals surface area contributed by atoms with E-state index in [1.165, 1.54) is 51.5 Å². The molecule has 15 heavy (non-hydrogen) atoms. The molecule has 2 N–H and O–H groups in total. The highest BCUT2D eigenvalue weighted by atomic mass is 15.0. The Morgan fingerprint density at radius 1 is 1.13 bits per heavy atom. The van der Waals surface area contributed by atoms with Gasteiger partial charge in [-0.05, 0) is 51.1 Å². The first-order chi connectivity index (χ1) is 7.32. The molecule has 2 nitrogen and oxygen atoms in total. The summed E-state index contributed by atoms with van der Waals surface area (Å²) in [5, 5.41) is 7.04. The molecule has 0 spiro atoms. The molecule has 1 atom stereocenters. The van der Waals surface area contributed by atoms with Crippen molar-refractivity contribution >= 4 is 0 Å². The predicted molar refractivity (Wildman–Crippen MR) is 65.0 cm³/mol. The van der Waals surface area contributed by atoms with E-state index in [1.807, 2.05) is 0 Å². The molecule has 2 rings (SSSR count). The Balaban J connectivity index is 2.02. The average Bonchev–Trinajstić information content (AvgIpc) is 2.68. The maximum Gasteiger partial charge on any atom is 0.0161 e. The zero-order chi connectivity index (χ0) is 10.7. The molecular weight excluding hydrogens is 184 g/mol. The summed E-state index contributed by atoms with van der Waals surface area (Å²) < 4.78 is 0. The van der Waals surface area contributed by atoms with Crippen molar-refractivity contribution in [2.45, 2.75) is 51.0 Å². The van der Waals surface area contributed by atoms with Crippen molar-refractivity contribution in [1.82, 2.24) is 10.6 Å². The lowest BCUT2D eigenvalue weighted by atomic mass is 9.60. The fourth-order valence-corrected chi connectivity index (χ4v) is 3.91. The largest absolute Gasteiger partial charge is 0.319 e. The van der Waals surface area contributed by atoms with Crippen molar-refractivity contribution < 1.29 is 0 Å². The lowest BCUT2D eigenvalue weighted by Gasteiger charge is -2.50. The van der Waals surface area contributed by atoms with Crippen LogP contribution in [0.25, 0.3) is 0 Å². The lowest BCUT2D eigenvalue weighted by Crippen LogP contribution is -2.56. The van der Waals surface area contributed by atoms with Gasteiger partial charge in [-0.2, -0.15) is 0 Å². The first-order valence-electron chi connectivity index (χ1n) is 6.64. The summed E-state index contributed by atoms with van der Waals surface area (Å²) >= 11 is 0. The second-order valence-corrected chi connectivity index (χ2v) is 5.56. The third-order valence-electron chi connectivity index (χ3n) is 4.72. The molecule has 2 aliphatic carbocycles. The van der Waals surface area contributed by atoms with Gasteiger partial charge in [0.1, 0.15) is 0 Å². The van der Waals surface area contributed by atoms with Gasteiger partial charge in [-0.15, -0.1) is 0 Å². The fourth-order valence-electron chi connectivity index (χ4n) is 3.91. The van der Waals surface area contributed by atoms with Gasteiger partial charge in [0.15, 0.2) is 0 Å². The van der Waals surface area contributed by atoms with Gasteiger partial charge in [0.05, 0.1) is 0 Å². The van der Waals surface area contributed by atoms with Crippen LogP contribution in [0.5, 0.6) is 0 Å². The molecule has 0 bridgehead atoms. The smallest absolute Gasteiger partial charge is 0.0161 e. The standard InChI is InChI=1S/C13H26N2/c1-14-10-13(8-5-9-13)12(15-2)11-6-3-4-7-11/h11-12,14-15H,3-10H2,1-2H3. The fraction of sp³-hybridized carbons (Fsp3) is 1.00. The molecule has 2 aliphatic rings. The lowest BCUT2D eigenvalue weighted by molar-refractivity contribution is 0.0488. The van der Waals surface area contributed by atoms with Crippen LogP contribution in [0.15, 0.2) is 0 Å². The minimum Gasteiger partial charge on any atom is -0.319 e. The molecule has 0 saturated heterocycles. The summed E-state index contributed by atoms with van der Waals surface area (Å²) in [6, 6.07) is 0.765. The van der Waals surface area contributed by atoms with Crippen LogP contribution < -0.4 is 10.6 Å². The Hall–Kier alpha value is -0.0800. The molecule has 0 radical (unpaired) electrons. The van der Waals surface area contributed by atoms with Crippen LogP contribution in [0.2, 0.25) is 0 Å². The van der Waals surface area contributed by atoms with Gasteiger partial charge in [0.25, 0.3) is 0 Å². The van der Waals surface area contributed by atoms with Crippen LogP contribution in [0.1, 0.15) is 44.9 Å². The molecule has 88 valence electrons. The third kappa shape index (κ3) is 2.07. The van der Waals surface area contributed by atoms with E-state index < -0.39 is 0 Å². The highest BCUT2D eigenvalue weighted by Crippen LogP contribution is 2.48. The van der Waals surface area contributed by atoms with E-state index >= 15 is 0 Å². The molecule has 2 heteroatoms. The van der Waals surface area contributed by atoms with Crippen LogP contribution in [0.3, 0.4) is 0 Å². The Kier molecular flexibility index (Phi) is 3.68. The zero-order valence-electron chi connectivity index (χ0n) is 10.3. The van der Waals surface area contributed by atoms with Gasteiger partial charge in [-0.25, -0.2) is 0 Å². The predicted octanol–water partition coefficient (Wildman–Crippen LogP) is 2.15. The quantitative estimate of drug-likeness (QED) is 0.726. The molecule has 1 unspecified atom stereocenters. The van der Waals surface area contributed by atoms with Crippen molar-refractivity contribution in [2.75, 3.05) is 20.6 Å². The topological polar surface area (TPSA) is 24.1 Å². The van der Waals surface area contributed by atoms with E-state index in [4.69, 9.17) is 0 Å². The van der Waals surface area contributed by atoms with Crippen LogP contribution in [0, 0.1) is 11.3 Å². The maximum absolute atomic E-state index is 3.63. The summed E-state index contributed by atoms with van der Waals surface area (Å²) in [6.07, 6.45) is 10.1. The third-order valence-corrected chi connectivity index (χ3v) is 4.72. The zero-order valence-corrected chi connectivity index (χ0v) is 10.3. The Bertz CT molecular complexity index is 193. The number of hydrogen-bond acceptors (Lipinski definition) is 2. The Labute approximate surface area is 94.2 Å². The van der Waals surface area contributed by atoms with Crippen molar-refractivity contribution in [1.29, 1.82) is 0 Å². The second kappa shape index (κ2) is 4.84. The summed E-state index contributed by atoms with van der Waals surface area (Å²) in [4.78, 5) is 0. The van der Waals surface area contributed by atoms with Crippen molar-refractivity contribution in [3.63, 3.8) is 0 Å². The van der Waals surface area contributed by atoms with Gasteiger partial charge in [-0.3, -0.25) is 0 Å². The molecule has 0 aromatic carbocycles. The first-order valence-corrected chi connectivity index (χ1v) is 6.64. The SMILES string of the molecule is CNCC1(C(NC)C2CCCC2)CCC1. The summed E-state index contributed by atoms with van der Waals surface area (Å²) in [7, 11) is 4.26. The minimum absolute atomic E-state index is 0.582. The first kappa shape index (κ1) is 11.4. The van der Waals surface area contributed by atoms with E-state index in [9.17, 15) is 0 Å². The number of nitrogens with one attached hydrogen (secondary N) is 2. The molecule has 0 aromatic rings. The second-order valence-electron chi connectivity index (χ2n) is 5.56. The van der Waals surface area contributed by atoms with E-state index in [-0.39, 0.29) is 0 Å². The van der Waals surface area contributed by atoms with Gasteiger partial charge >= 0.3 is 0 Å². The molecule has 0 heterocycles. The number of rotatable bonds is 5. The van der Waals surface area contributed by atoms with Gasteiger partial charge < -0.3 is 10.6 Å². The Morgan fingerprint density at radius 3 is 2.20 bits per heavy atom. The van der Waals surface area contributed by atoms with Gasteiger partial charge in [0, 0.05) is 12.6 Å². The van der Waals surface area contributed by atoms with E-state index in [0.717, 1.165) is 12.0 Å². The summed E-state index contributed by atoms with van der Waals surface area (Å²) in [6.45, 7) is 1.20. The van der Waals surface area contributed by atoms with Crippen molar-refractivity contribution in [3.8, 4) is 0 Å². The molecule has 2 saturated carbocycles. The normalized spacial score (nSPS) is 27.6. The molecule has 2 fully saturated rings. The van der Waals surface area contributed by atoms with E-state index in [2.05, 4.69) is 24.7 Å². The monoisotopic (exact) mass is 210 g/mol. The van der Waals surface area contributed by atoms with Gasteiger partial charge in [-0.1, -0.05) is 19.3 Å².